The van der Waals surface area contributed by atoms with E-state index in [2.05, 4.69) is 10.4 Å². The largest absolute Gasteiger partial charge is 0.344 e. The van der Waals surface area contributed by atoms with Crippen molar-refractivity contribution < 1.29 is 13.2 Å². The lowest BCUT2D eigenvalue weighted by Crippen LogP contribution is -2.28. The summed E-state index contributed by atoms with van der Waals surface area (Å²) < 4.78 is 25.7. The highest BCUT2D eigenvalue weighted by Crippen LogP contribution is 2.31. The van der Waals surface area contributed by atoms with Crippen LogP contribution < -0.4 is 5.32 Å². The van der Waals surface area contributed by atoms with Crippen LogP contribution in [0.2, 0.25) is 0 Å². The van der Waals surface area contributed by atoms with E-state index < -0.39 is 9.84 Å². The van der Waals surface area contributed by atoms with Gasteiger partial charge in [-0.05, 0) is 44.6 Å². The molecule has 1 N–H and O–H groups in total. The first-order chi connectivity index (χ1) is 12.9. The highest BCUT2D eigenvalue weighted by molar-refractivity contribution is 7.91. The minimum atomic E-state index is -3.00. The first-order valence-electron chi connectivity index (χ1n) is 9.61. The summed E-state index contributed by atoms with van der Waals surface area (Å²) in [5, 5.41) is 7.68. The second kappa shape index (κ2) is 7.11. The number of sulfone groups is 1. The minimum absolute atomic E-state index is 0.116. The molecule has 7 heteroatoms. The van der Waals surface area contributed by atoms with E-state index in [-0.39, 0.29) is 29.5 Å². The van der Waals surface area contributed by atoms with Gasteiger partial charge in [0.15, 0.2) is 15.5 Å². The number of aromatic nitrogens is 2. The SMILES string of the molecule is C[C@@H](NC(=O)c1nn([C@H]2CCS(=O)(=O)C2)c2c1CCCC2)c1ccccc1. The maximum Gasteiger partial charge on any atom is 0.272 e. The van der Waals surface area contributed by atoms with Gasteiger partial charge in [-0.2, -0.15) is 5.10 Å². The van der Waals surface area contributed by atoms with E-state index in [1.54, 1.807) is 0 Å². The molecule has 1 aromatic carbocycles. The Morgan fingerprint density at radius 1 is 1.22 bits per heavy atom. The zero-order valence-electron chi connectivity index (χ0n) is 15.5. The van der Waals surface area contributed by atoms with Gasteiger partial charge in [-0.15, -0.1) is 0 Å². The van der Waals surface area contributed by atoms with Crippen molar-refractivity contribution in [2.24, 2.45) is 0 Å². The van der Waals surface area contributed by atoms with Gasteiger partial charge in [0, 0.05) is 11.3 Å². The van der Waals surface area contributed by atoms with E-state index in [0.29, 0.717) is 12.1 Å². The molecule has 0 saturated carbocycles. The van der Waals surface area contributed by atoms with Crippen LogP contribution in [-0.2, 0) is 22.7 Å². The van der Waals surface area contributed by atoms with Gasteiger partial charge < -0.3 is 5.32 Å². The first kappa shape index (κ1) is 18.2. The van der Waals surface area contributed by atoms with Gasteiger partial charge in [0.2, 0.25) is 0 Å². The van der Waals surface area contributed by atoms with Gasteiger partial charge in [-0.1, -0.05) is 30.3 Å². The summed E-state index contributed by atoms with van der Waals surface area (Å²) in [6, 6.07) is 9.57. The van der Waals surface area contributed by atoms with E-state index in [4.69, 9.17) is 0 Å². The number of nitrogens with zero attached hydrogens (tertiary/aromatic N) is 2. The number of rotatable bonds is 4. The number of benzene rings is 1. The fourth-order valence-corrected chi connectivity index (χ4v) is 5.86. The van der Waals surface area contributed by atoms with Gasteiger partial charge in [-0.25, -0.2) is 8.42 Å². The summed E-state index contributed by atoms with van der Waals surface area (Å²) in [7, 11) is -3.00. The Labute approximate surface area is 159 Å². The lowest BCUT2D eigenvalue weighted by Gasteiger charge is -2.17. The molecule has 0 bridgehead atoms. The zero-order valence-corrected chi connectivity index (χ0v) is 16.3. The molecule has 1 aliphatic heterocycles. The molecule has 144 valence electrons. The molecule has 0 spiro atoms. The zero-order chi connectivity index (χ0) is 19.0. The monoisotopic (exact) mass is 387 g/mol. The second-order valence-electron chi connectivity index (χ2n) is 7.59. The molecule has 1 saturated heterocycles. The van der Waals surface area contributed by atoms with Crippen LogP contribution in [0, 0.1) is 0 Å². The minimum Gasteiger partial charge on any atom is -0.344 e. The smallest absolute Gasteiger partial charge is 0.272 e. The maximum absolute atomic E-state index is 13.0. The molecule has 0 radical (unpaired) electrons. The Morgan fingerprint density at radius 2 is 1.96 bits per heavy atom. The van der Waals surface area contributed by atoms with E-state index in [1.807, 2.05) is 41.9 Å². The molecular weight excluding hydrogens is 362 g/mol. The molecule has 27 heavy (non-hydrogen) atoms. The van der Waals surface area contributed by atoms with Crippen molar-refractivity contribution in [3.8, 4) is 0 Å². The molecule has 1 aliphatic carbocycles. The van der Waals surface area contributed by atoms with Crippen LogP contribution in [-0.4, -0.2) is 35.6 Å². The van der Waals surface area contributed by atoms with E-state index in [0.717, 1.165) is 42.5 Å². The molecule has 2 aromatic rings. The highest BCUT2D eigenvalue weighted by Gasteiger charge is 2.34. The Bertz CT molecular complexity index is 950. The van der Waals surface area contributed by atoms with Crippen molar-refractivity contribution >= 4 is 15.7 Å². The number of amides is 1. The van der Waals surface area contributed by atoms with Crippen LogP contribution in [0.5, 0.6) is 0 Å². The van der Waals surface area contributed by atoms with Crippen LogP contribution in [0.4, 0.5) is 0 Å². The van der Waals surface area contributed by atoms with Gasteiger partial charge in [0.25, 0.3) is 5.91 Å². The van der Waals surface area contributed by atoms with Crippen molar-refractivity contribution in [3.05, 3.63) is 52.8 Å². The molecule has 2 atom stereocenters. The van der Waals surface area contributed by atoms with Crippen molar-refractivity contribution in [3.63, 3.8) is 0 Å². The Balaban J connectivity index is 1.62. The summed E-state index contributed by atoms with van der Waals surface area (Å²) in [4.78, 5) is 13.0. The normalized spacial score (nSPS) is 22.2. The van der Waals surface area contributed by atoms with Crippen LogP contribution in [0.1, 0.15) is 65.6 Å². The Hall–Kier alpha value is -2.15. The van der Waals surface area contributed by atoms with Crippen molar-refractivity contribution in [2.45, 2.75) is 51.1 Å². The number of fused-ring (bicyclic) bond motifs is 1. The van der Waals surface area contributed by atoms with Crippen LogP contribution in [0.15, 0.2) is 30.3 Å². The number of hydrogen-bond donors (Lipinski definition) is 1. The number of carbonyl (C=O) groups excluding carboxylic acids is 1. The summed E-state index contributed by atoms with van der Waals surface area (Å²) >= 11 is 0. The Kier molecular flexibility index (Phi) is 4.80. The number of nitrogens with one attached hydrogen (secondary N) is 1. The lowest BCUT2D eigenvalue weighted by atomic mass is 9.95. The quantitative estimate of drug-likeness (QED) is 0.874. The lowest BCUT2D eigenvalue weighted by molar-refractivity contribution is 0.0932. The average molecular weight is 388 g/mol. The third-order valence-electron chi connectivity index (χ3n) is 5.63. The molecule has 1 fully saturated rings. The summed E-state index contributed by atoms with van der Waals surface area (Å²) in [5.41, 5.74) is 3.57. The fraction of sp³-hybridized carbons (Fsp3) is 0.500. The highest BCUT2D eigenvalue weighted by atomic mass is 32.2. The molecule has 1 aromatic heterocycles. The Morgan fingerprint density at radius 3 is 2.67 bits per heavy atom. The molecule has 4 rings (SSSR count). The number of hydrogen-bond acceptors (Lipinski definition) is 4. The summed E-state index contributed by atoms with van der Waals surface area (Å²) in [6.07, 6.45) is 4.37. The maximum atomic E-state index is 13.0. The summed E-state index contributed by atoms with van der Waals surface area (Å²) in [6.45, 7) is 1.96. The molecule has 2 heterocycles. The van der Waals surface area contributed by atoms with E-state index in [1.165, 1.54) is 0 Å². The van der Waals surface area contributed by atoms with Crippen LogP contribution in [0.25, 0.3) is 0 Å². The fourth-order valence-electron chi connectivity index (χ4n) is 4.17. The van der Waals surface area contributed by atoms with Crippen LogP contribution in [0.3, 0.4) is 0 Å². The van der Waals surface area contributed by atoms with Crippen molar-refractivity contribution in [1.82, 2.24) is 15.1 Å². The standard InChI is InChI=1S/C20H25N3O3S/c1-14(15-7-3-2-4-8-15)21-20(24)19-17-9-5-6-10-18(17)23(22-19)16-11-12-27(25,26)13-16/h2-4,7-8,14,16H,5-6,9-13H2,1H3,(H,21,24)/t14-,16+/m1/s1. The molecular formula is C20H25N3O3S. The average Bonchev–Trinajstić information content (AvgIpc) is 3.22. The predicted molar refractivity (Wildman–Crippen MR) is 104 cm³/mol. The molecule has 1 amide bonds. The van der Waals surface area contributed by atoms with Gasteiger partial charge in [0.1, 0.15) is 0 Å². The molecule has 0 unspecified atom stereocenters. The van der Waals surface area contributed by atoms with E-state index in [9.17, 15) is 13.2 Å². The van der Waals surface area contributed by atoms with Crippen molar-refractivity contribution in [2.75, 3.05) is 11.5 Å². The topological polar surface area (TPSA) is 81.1 Å². The van der Waals surface area contributed by atoms with Crippen LogP contribution >= 0.6 is 0 Å². The van der Waals surface area contributed by atoms with Crippen molar-refractivity contribution in [1.29, 1.82) is 0 Å². The first-order valence-corrected chi connectivity index (χ1v) is 11.4. The molecule has 6 nitrogen and oxygen atoms in total. The predicted octanol–water partition coefficient (Wildman–Crippen LogP) is 2.61. The van der Waals surface area contributed by atoms with E-state index >= 15 is 0 Å². The van der Waals surface area contributed by atoms with Gasteiger partial charge in [-0.3, -0.25) is 9.48 Å². The second-order valence-corrected chi connectivity index (χ2v) is 9.82. The summed E-state index contributed by atoms with van der Waals surface area (Å²) in [5.74, 6) is 0.158. The van der Waals surface area contributed by atoms with Gasteiger partial charge >= 0.3 is 0 Å². The third kappa shape index (κ3) is 3.65. The van der Waals surface area contributed by atoms with Gasteiger partial charge in [0.05, 0.1) is 23.6 Å². The third-order valence-corrected chi connectivity index (χ3v) is 7.38. The molecule has 2 aliphatic rings. The number of carbonyl (C=O) groups is 1.